The molecular formula is C12H12F3NO5S. The van der Waals surface area contributed by atoms with Gasteiger partial charge in [0.1, 0.15) is 0 Å². The highest BCUT2D eigenvalue weighted by molar-refractivity contribution is 7.86. The molecule has 0 saturated carbocycles. The number of benzene rings is 1. The van der Waals surface area contributed by atoms with Crippen molar-refractivity contribution in [1.82, 2.24) is 5.06 Å². The van der Waals surface area contributed by atoms with E-state index in [0.717, 1.165) is 6.26 Å². The average Bonchev–Trinajstić information content (AvgIpc) is 2.66. The van der Waals surface area contributed by atoms with Crippen molar-refractivity contribution in [2.45, 2.75) is 18.4 Å². The monoisotopic (exact) mass is 339 g/mol. The summed E-state index contributed by atoms with van der Waals surface area (Å²) in [4.78, 5) is 15.9. The Labute approximate surface area is 124 Å². The minimum Gasteiger partial charge on any atom is -0.269 e. The molecule has 122 valence electrons. The van der Waals surface area contributed by atoms with Crippen LogP contribution in [-0.4, -0.2) is 38.6 Å². The predicted octanol–water partition coefficient (Wildman–Crippen LogP) is 1.54. The molecule has 10 heteroatoms. The smallest absolute Gasteiger partial charge is 0.269 e. The van der Waals surface area contributed by atoms with Gasteiger partial charge < -0.3 is 0 Å². The van der Waals surface area contributed by atoms with Crippen LogP contribution in [0.2, 0.25) is 0 Å². The molecule has 1 heterocycles. The van der Waals surface area contributed by atoms with Crippen molar-refractivity contribution in [2.75, 3.05) is 12.8 Å². The van der Waals surface area contributed by atoms with Crippen LogP contribution in [0, 0.1) is 0 Å². The fourth-order valence-electron chi connectivity index (χ4n) is 2.24. The number of nitrogens with zero attached hydrogens (tertiary/aromatic N) is 1. The first-order valence-corrected chi connectivity index (χ1v) is 7.89. The molecule has 1 aliphatic heterocycles. The first-order valence-electron chi connectivity index (χ1n) is 6.07. The number of hydrogen-bond acceptors (Lipinski definition) is 5. The summed E-state index contributed by atoms with van der Waals surface area (Å²) in [5, 5.41) is 0.0676. The van der Waals surface area contributed by atoms with Gasteiger partial charge in [0.05, 0.1) is 12.8 Å². The van der Waals surface area contributed by atoms with Crippen molar-refractivity contribution in [3.63, 3.8) is 0 Å². The Morgan fingerprint density at radius 3 is 2.32 bits per heavy atom. The molecule has 1 atom stereocenters. The zero-order valence-corrected chi connectivity index (χ0v) is 12.1. The Bertz CT molecular complexity index is 661. The van der Waals surface area contributed by atoms with Crippen molar-refractivity contribution in [3.8, 4) is 0 Å². The van der Waals surface area contributed by atoms with E-state index in [0.29, 0.717) is 0 Å². The molecule has 0 bridgehead atoms. The Hall–Kier alpha value is -1.65. The van der Waals surface area contributed by atoms with Gasteiger partial charge in [0.15, 0.2) is 5.60 Å². The lowest BCUT2D eigenvalue weighted by atomic mass is 9.92. The Morgan fingerprint density at radius 1 is 1.23 bits per heavy atom. The lowest BCUT2D eigenvalue weighted by molar-refractivity contribution is -0.400. The number of hydrogen-bond donors (Lipinski definition) is 0. The van der Waals surface area contributed by atoms with Crippen LogP contribution in [0.1, 0.15) is 12.0 Å². The van der Waals surface area contributed by atoms with Gasteiger partial charge in [-0.15, -0.1) is 13.2 Å². The summed E-state index contributed by atoms with van der Waals surface area (Å²) in [6, 6.07) is 7.45. The standard InChI is InChI=1S/C12H12F3NO5S/c1-22(18,19)21-11(9-5-3-2-4-6-9)7-8-16(10(11)17)20-12(13,14)15/h2-6H,7-8H2,1H3/t11-/m0/s1. The summed E-state index contributed by atoms with van der Waals surface area (Å²) < 4.78 is 64.7. The molecule has 6 nitrogen and oxygen atoms in total. The molecule has 0 unspecified atom stereocenters. The number of amides is 1. The number of hydroxylamine groups is 2. The zero-order chi connectivity index (χ0) is 16.6. The lowest BCUT2D eigenvalue weighted by Gasteiger charge is -2.26. The second kappa shape index (κ2) is 5.52. The molecule has 1 aromatic carbocycles. The number of rotatable bonds is 4. The van der Waals surface area contributed by atoms with Gasteiger partial charge >= 0.3 is 6.36 Å². The molecule has 0 N–H and O–H groups in total. The molecule has 1 aromatic rings. The van der Waals surface area contributed by atoms with Crippen molar-refractivity contribution in [1.29, 1.82) is 0 Å². The predicted molar refractivity (Wildman–Crippen MR) is 67.5 cm³/mol. The quantitative estimate of drug-likeness (QED) is 0.778. The van der Waals surface area contributed by atoms with E-state index < -0.39 is 34.5 Å². The van der Waals surface area contributed by atoms with E-state index >= 15 is 0 Å². The maximum absolute atomic E-state index is 12.3. The van der Waals surface area contributed by atoms with Crippen LogP contribution < -0.4 is 0 Å². The third-order valence-electron chi connectivity index (χ3n) is 2.99. The van der Waals surface area contributed by atoms with Gasteiger partial charge in [-0.3, -0.25) is 4.79 Å². The van der Waals surface area contributed by atoms with E-state index in [1.165, 1.54) is 24.3 Å². The summed E-state index contributed by atoms with van der Waals surface area (Å²) in [5.74, 6) is -1.22. The van der Waals surface area contributed by atoms with E-state index in [4.69, 9.17) is 4.18 Å². The van der Waals surface area contributed by atoms with Crippen LogP contribution in [0.4, 0.5) is 13.2 Å². The van der Waals surface area contributed by atoms with Crippen LogP contribution in [0.25, 0.3) is 0 Å². The third-order valence-corrected chi connectivity index (χ3v) is 3.57. The van der Waals surface area contributed by atoms with E-state index in [2.05, 4.69) is 4.84 Å². The number of carbonyl (C=O) groups excluding carboxylic acids is 1. The first-order chi connectivity index (χ1) is 10.0. The maximum atomic E-state index is 12.3. The molecule has 2 rings (SSSR count). The van der Waals surface area contributed by atoms with Crippen LogP contribution in [0.3, 0.4) is 0 Å². The van der Waals surface area contributed by atoms with Crippen LogP contribution in [0.15, 0.2) is 30.3 Å². The van der Waals surface area contributed by atoms with Crippen molar-refractivity contribution in [2.24, 2.45) is 0 Å². The highest BCUT2D eigenvalue weighted by Gasteiger charge is 2.54. The van der Waals surface area contributed by atoms with Gasteiger partial charge in [-0.05, 0) is 5.56 Å². The second-order valence-corrected chi connectivity index (χ2v) is 6.25. The molecule has 1 aliphatic rings. The Balaban J connectivity index is 2.42. The molecule has 0 radical (unpaired) electrons. The number of carbonyl (C=O) groups is 1. The van der Waals surface area contributed by atoms with E-state index in [9.17, 15) is 26.4 Å². The topological polar surface area (TPSA) is 72.9 Å². The molecule has 0 aliphatic carbocycles. The molecule has 1 amide bonds. The Kier molecular flexibility index (Phi) is 4.20. The average molecular weight is 339 g/mol. The van der Waals surface area contributed by atoms with E-state index in [1.54, 1.807) is 6.07 Å². The van der Waals surface area contributed by atoms with Crippen molar-refractivity contribution < 1.29 is 35.4 Å². The summed E-state index contributed by atoms with van der Waals surface area (Å²) >= 11 is 0. The minimum atomic E-state index is -5.06. The number of alkyl halides is 3. The summed E-state index contributed by atoms with van der Waals surface area (Å²) in [7, 11) is -4.10. The summed E-state index contributed by atoms with van der Waals surface area (Å²) in [6.07, 6.45) is -4.63. The van der Waals surface area contributed by atoms with E-state index in [1.807, 2.05) is 0 Å². The Morgan fingerprint density at radius 2 is 1.82 bits per heavy atom. The van der Waals surface area contributed by atoms with Gasteiger partial charge in [0, 0.05) is 6.42 Å². The minimum absolute atomic E-state index is 0.0676. The first kappa shape index (κ1) is 16.7. The van der Waals surface area contributed by atoms with Crippen LogP contribution in [-0.2, 0) is 29.5 Å². The third kappa shape index (κ3) is 3.57. The van der Waals surface area contributed by atoms with Crippen LogP contribution in [0.5, 0.6) is 0 Å². The largest absolute Gasteiger partial charge is 0.544 e. The van der Waals surface area contributed by atoms with E-state index in [-0.39, 0.29) is 17.0 Å². The van der Waals surface area contributed by atoms with Crippen molar-refractivity contribution >= 4 is 16.0 Å². The van der Waals surface area contributed by atoms with Gasteiger partial charge in [-0.1, -0.05) is 30.3 Å². The highest BCUT2D eigenvalue weighted by atomic mass is 32.2. The van der Waals surface area contributed by atoms with Gasteiger partial charge in [0.2, 0.25) is 0 Å². The van der Waals surface area contributed by atoms with Crippen LogP contribution >= 0.6 is 0 Å². The van der Waals surface area contributed by atoms with Gasteiger partial charge in [-0.2, -0.15) is 13.3 Å². The summed E-state index contributed by atoms with van der Waals surface area (Å²) in [5.41, 5.74) is -1.92. The highest BCUT2D eigenvalue weighted by Crippen LogP contribution is 2.39. The molecule has 1 fully saturated rings. The fourth-order valence-corrected chi connectivity index (χ4v) is 3.01. The zero-order valence-electron chi connectivity index (χ0n) is 11.3. The SMILES string of the molecule is CS(=O)(=O)O[C@]1(c2ccccc2)CCN(OC(F)(F)F)C1=O. The fraction of sp³-hybridized carbons (Fsp3) is 0.417. The lowest BCUT2D eigenvalue weighted by Crippen LogP contribution is -2.43. The molecular weight excluding hydrogens is 327 g/mol. The van der Waals surface area contributed by atoms with Crippen molar-refractivity contribution in [3.05, 3.63) is 35.9 Å². The summed E-state index contributed by atoms with van der Waals surface area (Å²) in [6.45, 7) is -0.456. The second-order valence-electron chi connectivity index (χ2n) is 4.67. The molecule has 0 aromatic heterocycles. The molecule has 0 spiro atoms. The molecule has 22 heavy (non-hydrogen) atoms. The number of halogens is 3. The van der Waals surface area contributed by atoms with Gasteiger partial charge in [0.25, 0.3) is 16.0 Å². The maximum Gasteiger partial charge on any atom is 0.544 e. The van der Waals surface area contributed by atoms with Gasteiger partial charge in [-0.25, -0.2) is 9.25 Å². The normalized spacial score (nSPS) is 23.1. The molecule has 1 saturated heterocycles.